The van der Waals surface area contributed by atoms with E-state index >= 15 is 0 Å². The Bertz CT molecular complexity index is 1100. The molecule has 0 fully saturated rings. The second kappa shape index (κ2) is 11.6. The number of methoxy groups -OCH3 is 1. The minimum atomic E-state index is -4.53. The number of esters is 1. The third-order valence-electron chi connectivity index (χ3n) is 5.00. The van der Waals surface area contributed by atoms with Gasteiger partial charge in [0.25, 0.3) is 5.91 Å². The van der Waals surface area contributed by atoms with Crippen LogP contribution >= 0.6 is 0 Å². The van der Waals surface area contributed by atoms with Gasteiger partial charge in [0.2, 0.25) is 5.91 Å². The Labute approximate surface area is 203 Å². The molecule has 2 rings (SSSR count). The number of rotatable bonds is 10. The highest BCUT2D eigenvalue weighted by Gasteiger charge is 2.35. The van der Waals surface area contributed by atoms with Gasteiger partial charge in [-0.3, -0.25) is 14.3 Å². The molecule has 1 aromatic heterocycles. The van der Waals surface area contributed by atoms with Gasteiger partial charge in [-0.25, -0.2) is 9.18 Å². The Morgan fingerprint density at radius 2 is 1.86 bits per heavy atom. The molecule has 0 aliphatic carbocycles. The van der Waals surface area contributed by atoms with Crippen molar-refractivity contribution < 1.29 is 46.5 Å². The average molecular weight is 520 g/mol. The fourth-order valence-corrected chi connectivity index (χ4v) is 3.26. The molecule has 3 N–H and O–H groups in total. The van der Waals surface area contributed by atoms with Crippen LogP contribution in [0.15, 0.2) is 18.2 Å². The van der Waals surface area contributed by atoms with Gasteiger partial charge in [0, 0.05) is 5.39 Å². The van der Waals surface area contributed by atoms with Crippen molar-refractivity contribution in [2.24, 2.45) is 5.41 Å². The van der Waals surface area contributed by atoms with Crippen LogP contribution in [0.1, 0.15) is 31.3 Å². The number of hydrogen-bond acceptors (Lipinski definition) is 7. The van der Waals surface area contributed by atoms with E-state index in [0.717, 1.165) is 17.9 Å². The van der Waals surface area contributed by atoms with Crippen molar-refractivity contribution in [3.05, 3.63) is 29.7 Å². The molecule has 0 spiro atoms. The average Bonchev–Trinajstić information content (AvgIpc) is 3.16. The van der Waals surface area contributed by atoms with E-state index in [1.54, 1.807) is 20.8 Å². The van der Waals surface area contributed by atoms with E-state index in [9.17, 15) is 37.1 Å². The van der Waals surface area contributed by atoms with Crippen LogP contribution in [0.25, 0.3) is 10.9 Å². The summed E-state index contributed by atoms with van der Waals surface area (Å²) < 4.78 is 61.5. The lowest BCUT2D eigenvalue weighted by atomic mass is 9.86. The summed E-state index contributed by atoms with van der Waals surface area (Å²) in [7, 11) is 1.07. The van der Waals surface area contributed by atoms with Crippen molar-refractivity contribution >= 4 is 28.7 Å². The first kappa shape index (κ1) is 29.0. The van der Waals surface area contributed by atoms with Crippen LogP contribution in [-0.2, 0) is 25.6 Å². The van der Waals surface area contributed by atoms with E-state index < -0.39 is 67.1 Å². The molecule has 2 unspecified atom stereocenters. The van der Waals surface area contributed by atoms with E-state index in [-0.39, 0.29) is 23.1 Å². The number of para-hydroxylation sites is 1. The summed E-state index contributed by atoms with van der Waals surface area (Å²) in [6.45, 7) is 2.30. The fourth-order valence-electron chi connectivity index (χ4n) is 3.26. The van der Waals surface area contributed by atoms with Crippen LogP contribution in [0.2, 0.25) is 0 Å². The Balaban J connectivity index is 2.25. The van der Waals surface area contributed by atoms with Crippen molar-refractivity contribution in [2.45, 2.75) is 45.6 Å². The molecule has 200 valence electrons. The number of aromatic nitrogens is 2. The van der Waals surface area contributed by atoms with Gasteiger partial charge < -0.3 is 25.2 Å². The van der Waals surface area contributed by atoms with Gasteiger partial charge in [-0.15, -0.1) is 0 Å². The lowest BCUT2D eigenvalue weighted by Gasteiger charge is -2.30. The van der Waals surface area contributed by atoms with Crippen LogP contribution < -0.4 is 10.6 Å². The van der Waals surface area contributed by atoms with Crippen LogP contribution in [-0.4, -0.2) is 77.9 Å². The standard InChI is InChI=1S/C22H28F4N4O6/c1-21(2,3)17(19(33)27-10-14(31)20(34)35-4)28-18(32)15-12-6-5-7-13(23)16(12)30(29-15)8-9-36-11-22(24,25)26/h5-7,14,17,31H,8-11H2,1-4H3,(H,27,33)(H,28,32). The number of carbonyl (C=O) groups is 3. The third-order valence-corrected chi connectivity index (χ3v) is 5.00. The number of amides is 2. The molecule has 1 heterocycles. The topological polar surface area (TPSA) is 132 Å². The highest BCUT2D eigenvalue weighted by atomic mass is 19.4. The van der Waals surface area contributed by atoms with Crippen LogP contribution in [0.4, 0.5) is 17.6 Å². The number of aliphatic hydroxyl groups is 1. The number of aliphatic hydroxyl groups excluding tert-OH is 1. The van der Waals surface area contributed by atoms with Crippen molar-refractivity contribution in [2.75, 3.05) is 26.9 Å². The molecule has 36 heavy (non-hydrogen) atoms. The number of carbonyl (C=O) groups excluding carboxylic acids is 3. The maximum atomic E-state index is 14.5. The maximum Gasteiger partial charge on any atom is 0.411 e. The Kier molecular flexibility index (Phi) is 9.38. The molecule has 0 radical (unpaired) electrons. The highest BCUT2D eigenvalue weighted by molar-refractivity contribution is 6.06. The van der Waals surface area contributed by atoms with Crippen LogP contribution in [0.5, 0.6) is 0 Å². The van der Waals surface area contributed by atoms with Gasteiger partial charge in [-0.1, -0.05) is 32.9 Å². The lowest BCUT2D eigenvalue weighted by Crippen LogP contribution is -2.55. The number of fused-ring (bicyclic) bond motifs is 1. The summed E-state index contributed by atoms with van der Waals surface area (Å²) in [4.78, 5) is 37.2. The monoisotopic (exact) mass is 520 g/mol. The van der Waals surface area contributed by atoms with Gasteiger partial charge in [-0.2, -0.15) is 18.3 Å². The van der Waals surface area contributed by atoms with Gasteiger partial charge in [0.1, 0.15) is 24.0 Å². The predicted octanol–water partition coefficient (Wildman–Crippen LogP) is 1.55. The van der Waals surface area contributed by atoms with Crippen molar-refractivity contribution in [1.82, 2.24) is 20.4 Å². The number of nitrogens with zero attached hydrogens (tertiary/aromatic N) is 2. The highest BCUT2D eigenvalue weighted by Crippen LogP contribution is 2.24. The normalized spacial score (nSPS) is 13.8. The Morgan fingerprint density at radius 3 is 2.44 bits per heavy atom. The van der Waals surface area contributed by atoms with Gasteiger partial charge >= 0.3 is 12.1 Å². The van der Waals surface area contributed by atoms with Crippen LogP contribution in [0, 0.1) is 11.2 Å². The summed E-state index contributed by atoms with van der Waals surface area (Å²) in [5.41, 5.74) is -1.21. The zero-order valence-corrected chi connectivity index (χ0v) is 20.1. The van der Waals surface area contributed by atoms with Crippen molar-refractivity contribution in [3.63, 3.8) is 0 Å². The second-order valence-electron chi connectivity index (χ2n) is 8.93. The molecule has 10 nitrogen and oxygen atoms in total. The zero-order valence-electron chi connectivity index (χ0n) is 20.1. The van der Waals surface area contributed by atoms with Gasteiger partial charge in [0.05, 0.1) is 26.8 Å². The van der Waals surface area contributed by atoms with E-state index in [1.807, 2.05) is 0 Å². The number of hydrogen-bond donors (Lipinski definition) is 3. The Morgan fingerprint density at radius 1 is 1.19 bits per heavy atom. The lowest BCUT2D eigenvalue weighted by molar-refractivity contribution is -0.174. The molecule has 0 aliphatic heterocycles. The molecule has 0 aliphatic rings. The molecule has 2 atom stereocenters. The Hall–Kier alpha value is -3.26. The quantitative estimate of drug-likeness (QED) is 0.246. The smallest absolute Gasteiger partial charge is 0.411 e. The first-order valence-corrected chi connectivity index (χ1v) is 10.8. The molecular weight excluding hydrogens is 492 g/mol. The SMILES string of the molecule is COC(=O)C(O)CNC(=O)C(NC(=O)c1nn(CCOCC(F)(F)F)c2c(F)cccc12)C(C)(C)C. The second-order valence-corrected chi connectivity index (χ2v) is 8.93. The molecule has 14 heteroatoms. The predicted molar refractivity (Wildman–Crippen MR) is 118 cm³/mol. The van der Waals surface area contributed by atoms with E-state index in [2.05, 4.69) is 25.2 Å². The summed E-state index contributed by atoms with van der Waals surface area (Å²) in [6, 6.07) is 2.69. The molecule has 2 amide bonds. The van der Waals surface area contributed by atoms with E-state index in [4.69, 9.17) is 0 Å². The van der Waals surface area contributed by atoms with Crippen molar-refractivity contribution in [3.8, 4) is 0 Å². The first-order valence-electron chi connectivity index (χ1n) is 10.8. The molecule has 0 saturated heterocycles. The van der Waals surface area contributed by atoms with E-state index in [1.165, 1.54) is 12.1 Å². The largest absolute Gasteiger partial charge is 0.467 e. The summed E-state index contributed by atoms with van der Waals surface area (Å²) >= 11 is 0. The summed E-state index contributed by atoms with van der Waals surface area (Å²) in [5, 5.41) is 18.7. The summed E-state index contributed by atoms with van der Waals surface area (Å²) in [6.07, 6.45) is -6.14. The van der Waals surface area contributed by atoms with Gasteiger partial charge in [0.15, 0.2) is 11.8 Å². The number of benzene rings is 1. The number of alkyl halides is 3. The number of ether oxygens (including phenoxy) is 2. The molecule has 0 bridgehead atoms. The van der Waals surface area contributed by atoms with Crippen LogP contribution in [0.3, 0.4) is 0 Å². The first-order chi connectivity index (χ1) is 16.7. The molecule has 2 aromatic rings. The minimum absolute atomic E-state index is 0.0810. The number of halogens is 4. The van der Waals surface area contributed by atoms with Gasteiger partial charge in [-0.05, 0) is 11.5 Å². The number of nitrogens with one attached hydrogen (secondary N) is 2. The zero-order chi connectivity index (χ0) is 27.3. The third kappa shape index (κ3) is 7.62. The molecule has 1 aromatic carbocycles. The summed E-state index contributed by atoms with van der Waals surface area (Å²) in [5.74, 6) is -3.26. The minimum Gasteiger partial charge on any atom is -0.467 e. The molecule has 0 saturated carbocycles. The van der Waals surface area contributed by atoms with E-state index in [0.29, 0.717) is 0 Å². The maximum absolute atomic E-state index is 14.5. The molecular formula is C22H28F4N4O6. The fraction of sp³-hybridized carbons (Fsp3) is 0.545. The van der Waals surface area contributed by atoms with Crippen molar-refractivity contribution in [1.29, 1.82) is 0 Å².